The first kappa shape index (κ1) is 20.0. The standard InChI is InChI=1S/C19H21ClF2N2O2S/c20-15-3-1-14(2-4-15)13-24-11-9-17(10-12-24)23-16-5-7-18(8-6-16)27(25,26)19(21)22/h1-8,17,19,23H,9-13H2. The van der Waals surface area contributed by atoms with Gasteiger partial charge in [0, 0.05) is 36.4 Å². The Balaban J connectivity index is 1.51. The molecule has 2 aromatic carbocycles. The van der Waals surface area contributed by atoms with E-state index in [1.807, 2.05) is 24.3 Å². The maximum Gasteiger partial charge on any atom is 0.341 e. The summed E-state index contributed by atoms with van der Waals surface area (Å²) < 4.78 is 48.0. The highest BCUT2D eigenvalue weighted by Gasteiger charge is 2.26. The molecule has 146 valence electrons. The molecule has 27 heavy (non-hydrogen) atoms. The molecule has 0 aromatic heterocycles. The Bertz CT molecular complexity index is 850. The van der Waals surface area contributed by atoms with Crippen LogP contribution >= 0.6 is 11.6 Å². The molecule has 0 saturated carbocycles. The van der Waals surface area contributed by atoms with Crippen molar-refractivity contribution in [2.75, 3.05) is 18.4 Å². The number of hydrogen-bond donors (Lipinski definition) is 1. The SMILES string of the molecule is O=S(=O)(c1ccc(NC2CCN(Cc3ccc(Cl)cc3)CC2)cc1)C(F)F. The molecule has 1 saturated heterocycles. The molecule has 2 aromatic rings. The molecule has 1 aliphatic rings. The molecule has 0 amide bonds. The number of hydrogen-bond acceptors (Lipinski definition) is 4. The van der Waals surface area contributed by atoms with Crippen molar-refractivity contribution >= 4 is 27.1 Å². The highest BCUT2D eigenvalue weighted by molar-refractivity contribution is 7.91. The predicted molar refractivity (Wildman–Crippen MR) is 103 cm³/mol. The van der Waals surface area contributed by atoms with Crippen LogP contribution in [-0.4, -0.2) is 38.2 Å². The van der Waals surface area contributed by atoms with Gasteiger partial charge in [0.2, 0.25) is 9.84 Å². The lowest BCUT2D eigenvalue weighted by Gasteiger charge is -2.33. The third-order valence-electron chi connectivity index (χ3n) is 4.70. The molecular formula is C19H21ClF2N2O2S. The van der Waals surface area contributed by atoms with E-state index in [4.69, 9.17) is 11.6 Å². The molecule has 0 spiro atoms. The summed E-state index contributed by atoms with van der Waals surface area (Å²) in [5, 5.41) is 4.08. The lowest BCUT2D eigenvalue weighted by molar-refractivity contribution is 0.211. The van der Waals surface area contributed by atoms with Gasteiger partial charge in [-0.2, -0.15) is 8.78 Å². The fourth-order valence-electron chi connectivity index (χ4n) is 3.16. The van der Waals surface area contributed by atoms with E-state index in [0.29, 0.717) is 0 Å². The zero-order valence-electron chi connectivity index (χ0n) is 14.6. The number of rotatable bonds is 6. The van der Waals surface area contributed by atoms with Crippen LogP contribution in [0.5, 0.6) is 0 Å². The second-order valence-electron chi connectivity index (χ2n) is 6.65. The minimum atomic E-state index is -4.54. The Morgan fingerprint density at radius 3 is 2.19 bits per heavy atom. The third kappa shape index (κ3) is 5.18. The number of nitrogens with zero attached hydrogens (tertiary/aromatic N) is 1. The quantitative estimate of drug-likeness (QED) is 0.760. The fourth-order valence-corrected chi connectivity index (χ4v) is 4.01. The van der Waals surface area contributed by atoms with Crippen LogP contribution in [0.15, 0.2) is 53.4 Å². The van der Waals surface area contributed by atoms with Crippen LogP contribution in [0.2, 0.25) is 5.02 Å². The molecule has 8 heteroatoms. The van der Waals surface area contributed by atoms with Gasteiger partial charge in [-0.25, -0.2) is 8.42 Å². The minimum Gasteiger partial charge on any atom is -0.382 e. The number of nitrogens with one attached hydrogen (secondary N) is 1. The largest absolute Gasteiger partial charge is 0.382 e. The molecule has 1 aliphatic heterocycles. The number of anilines is 1. The lowest BCUT2D eigenvalue weighted by atomic mass is 10.0. The van der Waals surface area contributed by atoms with Crippen LogP contribution < -0.4 is 5.32 Å². The first-order valence-corrected chi connectivity index (χ1v) is 10.6. The number of sulfone groups is 1. The number of benzene rings is 2. The van der Waals surface area contributed by atoms with E-state index in [9.17, 15) is 17.2 Å². The van der Waals surface area contributed by atoms with Gasteiger partial charge < -0.3 is 5.32 Å². The summed E-state index contributed by atoms with van der Waals surface area (Å²) >= 11 is 5.91. The molecule has 0 aliphatic carbocycles. The molecule has 1 N–H and O–H groups in total. The van der Waals surface area contributed by atoms with Crippen molar-refractivity contribution in [3.05, 3.63) is 59.1 Å². The maximum absolute atomic E-state index is 12.6. The summed E-state index contributed by atoms with van der Waals surface area (Å²) in [6.07, 6.45) is 1.90. The molecule has 4 nitrogen and oxygen atoms in total. The topological polar surface area (TPSA) is 49.4 Å². The van der Waals surface area contributed by atoms with Gasteiger partial charge in [0.05, 0.1) is 4.90 Å². The lowest BCUT2D eigenvalue weighted by Crippen LogP contribution is -2.38. The average Bonchev–Trinajstić information content (AvgIpc) is 2.65. The minimum absolute atomic E-state index is 0.268. The Hall–Kier alpha value is -1.70. The van der Waals surface area contributed by atoms with Crippen molar-refractivity contribution in [3.63, 3.8) is 0 Å². The Labute approximate surface area is 163 Å². The smallest absolute Gasteiger partial charge is 0.341 e. The van der Waals surface area contributed by atoms with Crippen molar-refractivity contribution in [2.24, 2.45) is 0 Å². The van der Waals surface area contributed by atoms with E-state index in [1.165, 1.54) is 29.8 Å². The van der Waals surface area contributed by atoms with E-state index < -0.39 is 15.6 Å². The monoisotopic (exact) mass is 414 g/mol. The van der Waals surface area contributed by atoms with E-state index >= 15 is 0 Å². The number of halogens is 3. The summed E-state index contributed by atoms with van der Waals surface area (Å²) in [7, 11) is -4.54. The zero-order chi connectivity index (χ0) is 19.4. The fraction of sp³-hybridized carbons (Fsp3) is 0.368. The highest BCUT2D eigenvalue weighted by Crippen LogP contribution is 2.23. The van der Waals surface area contributed by atoms with Gasteiger partial charge in [0.1, 0.15) is 0 Å². The van der Waals surface area contributed by atoms with Crippen LogP contribution in [0, 0.1) is 0 Å². The maximum atomic E-state index is 12.6. The summed E-state index contributed by atoms with van der Waals surface area (Å²) in [5.74, 6) is -3.40. The van der Waals surface area contributed by atoms with Gasteiger partial charge in [0.15, 0.2) is 0 Å². The second kappa shape index (κ2) is 8.54. The molecule has 0 atom stereocenters. The van der Waals surface area contributed by atoms with Crippen molar-refractivity contribution in [3.8, 4) is 0 Å². The molecular weight excluding hydrogens is 394 g/mol. The normalized spacial score (nSPS) is 16.6. The first-order valence-electron chi connectivity index (χ1n) is 8.70. The van der Waals surface area contributed by atoms with Gasteiger partial charge in [-0.15, -0.1) is 0 Å². The van der Waals surface area contributed by atoms with Crippen molar-refractivity contribution in [2.45, 2.75) is 36.1 Å². The van der Waals surface area contributed by atoms with E-state index in [-0.39, 0.29) is 10.9 Å². The van der Waals surface area contributed by atoms with E-state index in [1.54, 1.807) is 0 Å². The van der Waals surface area contributed by atoms with Gasteiger partial charge in [-0.05, 0) is 54.8 Å². The van der Waals surface area contributed by atoms with Crippen molar-refractivity contribution < 1.29 is 17.2 Å². The highest BCUT2D eigenvalue weighted by atomic mass is 35.5. The predicted octanol–water partition coefficient (Wildman–Crippen LogP) is 4.41. The summed E-state index contributed by atoms with van der Waals surface area (Å²) in [4.78, 5) is 2.01. The van der Waals surface area contributed by atoms with Crippen LogP contribution in [0.1, 0.15) is 18.4 Å². The summed E-state index contributed by atoms with van der Waals surface area (Å²) in [5.41, 5.74) is 1.96. The zero-order valence-corrected chi connectivity index (χ0v) is 16.2. The van der Waals surface area contributed by atoms with E-state index in [0.717, 1.165) is 43.2 Å². The van der Waals surface area contributed by atoms with Crippen LogP contribution in [0.4, 0.5) is 14.5 Å². The molecule has 3 rings (SSSR count). The molecule has 0 radical (unpaired) electrons. The molecule has 1 heterocycles. The van der Waals surface area contributed by atoms with Gasteiger partial charge >= 0.3 is 5.76 Å². The first-order chi connectivity index (χ1) is 12.8. The molecule has 0 bridgehead atoms. The molecule has 1 fully saturated rings. The second-order valence-corrected chi connectivity index (χ2v) is 9.01. The number of piperidine rings is 1. The van der Waals surface area contributed by atoms with Gasteiger partial charge in [0.25, 0.3) is 0 Å². The van der Waals surface area contributed by atoms with Crippen molar-refractivity contribution in [1.29, 1.82) is 0 Å². The number of alkyl halides is 2. The van der Waals surface area contributed by atoms with Crippen LogP contribution in [0.3, 0.4) is 0 Å². The van der Waals surface area contributed by atoms with E-state index in [2.05, 4.69) is 10.2 Å². The van der Waals surface area contributed by atoms with Crippen molar-refractivity contribution in [1.82, 2.24) is 4.90 Å². The van der Waals surface area contributed by atoms with Crippen LogP contribution in [-0.2, 0) is 16.4 Å². The Kier molecular flexibility index (Phi) is 6.34. The van der Waals surface area contributed by atoms with Gasteiger partial charge in [-0.1, -0.05) is 23.7 Å². The number of likely N-dealkylation sites (tertiary alicyclic amines) is 1. The Morgan fingerprint density at radius 2 is 1.63 bits per heavy atom. The summed E-state index contributed by atoms with van der Waals surface area (Å²) in [6.45, 7) is 2.76. The summed E-state index contributed by atoms with van der Waals surface area (Å²) in [6, 6.07) is 13.6. The van der Waals surface area contributed by atoms with Gasteiger partial charge in [-0.3, -0.25) is 4.90 Å². The third-order valence-corrected chi connectivity index (χ3v) is 6.35. The Morgan fingerprint density at radius 1 is 1.04 bits per heavy atom. The average molecular weight is 415 g/mol. The molecule has 0 unspecified atom stereocenters. The van der Waals surface area contributed by atoms with Crippen LogP contribution in [0.25, 0.3) is 0 Å².